The molecule has 0 spiro atoms. The maximum Gasteiger partial charge on any atom is 0.261 e. The highest BCUT2D eigenvalue weighted by molar-refractivity contribution is 7.20. The number of carbonyl (C=O) groups is 1. The van der Waals surface area contributed by atoms with Gasteiger partial charge < -0.3 is 10.6 Å². The van der Waals surface area contributed by atoms with Crippen molar-refractivity contribution in [3.05, 3.63) is 77.2 Å². The molecule has 4 heterocycles. The number of aromatic amines is 1. The Hall–Kier alpha value is -4.08. The van der Waals surface area contributed by atoms with Crippen molar-refractivity contribution < 1.29 is 4.79 Å². The van der Waals surface area contributed by atoms with Crippen LogP contribution in [0.5, 0.6) is 0 Å². The number of amides is 1. The van der Waals surface area contributed by atoms with Crippen molar-refractivity contribution in [1.29, 1.82) is 0 Å². The molecule has 1 amide bonds. The van der Waals surface area contributed by atoms with Crippen molar-refractivity contribution in [3.63, 3.8) is 0 Å². The molecule has 6 rings (SSSR count). The Bertz CT molecular complexity index is 1680. The minimum absolute atomic E-state index is 0.0473. The summed E-state index contributed by atoms with van der Waals surface area (Å²) in [5.41, 5.74) is 4.87. The van der Waals surface area contributed by atoms with Gasteiger partial charge in [-0.2, -0.15) is 5.10 Å². The quantitative estimate of drug-likeness (QED) is 0.228. The van der Waals surface area contributed by atoms with E-state index in [1.54, 1.807) is 17.5 Å². The number of anilines is 2. The van der Waals surface area contributed by atoms with Crippen LogP contribution in [0.1, 0.15) is 23.5 Å². The molecule has 0 saturated heterocycles. The Morgan fingerprint density at radius 1 is 0.972 bits per heavy atom. The van der Waals surface area contributed by atoms with E-state index in [1.165, 1.54) is 11.3 Å². The van der Waals surface area contributed by atoms with Crippen LogP contribution in [-0.2, 0) is 0 Å². The fraction of sp³-hybridized carbons (Fsp3) is 0.111. The molecule has 0 atom stereocenters. The predicted octanol–water partition coefficient (Wildman–Crippen LogP) is 6.84. The van der Waals surface area contributed by atoms with Crippen molar-refractivity contribution in [1.82, 2.24) is 25.5 Å². The number of H-pyrrole nitrogens is 1. The largest absolute Gasteiger partial charge is 0.349 e. The summed E-state index contributed by atoms with van der Waals surface area (Å²) < 4.78 is 2.03. The highest BCUT2D eigenvalue weighted by Crippen LogP contribution is 2.34. The van der Waals surface area contributed by atoms with Crippen LogP contribution >= 0.6 is 22.7 Å². The normalized spacial score (nSPS) is 11.4. The maximum atomic E-state index is 12.5. The Balaban J connectivity index is 1.33. The molecule has 0 bridgehead atoms. The Morgan fingerprint density at radius 2 is 1.81 bits per heavy atom. The molecule has 0 aliphatic heterocycles. The number of fused-ring (bicyclic) bond motifs is 2. The van der Waals surface area contributed by atoms with E-state index in [4.69, 9.17) is 9.97 Å². The van der Waals surface area contributed by atoms with E-state index in [0.717, 1.165) is 48.5 Å². The molecule has 4 aromatic heterocycles. The van der Waals surface area contributed by atoms with Crippen LogP contribution in [0.25, 0.3) is 42.8 Å². The van der Waals surface area contributed by atoms with E-state index in [9.17, 15) is 4.79 Å². The molecule has 7 nitrogen and oxygen atoms in total. The fourth-order valence-electron chi connectivity index (χ4n) is 3.98. The highest BCUT2D eigenvalue weighted by atomic mass is 32.1. The SMILES string of the molecule is CC(C)NC(=O)c1cc2ccc(-c3nc(Nc4ccc(-c5cn[nH]c5)cc4)c4sccc4n3)cc2s1. The van der Waals surface area contributed by atoms with Crippen LogP contribution in [0.3, 0.4) is 0 Å². The summed E-state index contributed by atoms with van der Waals surface area (Å²) >= 11 is 3.09. The van der Waals surface area contributed by atoms with E-state index in [-0.39, 0.29) is 11.9 Å². The number of aromatic nitrogens is 4. The molecule has 36 heavy (non-hydrogen) atoms. The monoisotopic (exact) mass is 510 g/mol. The lowest BCUT2D eigenvalue weighted by molar-refractivity contribution is 0.0947. The van der Waals surface area contributed by atoms with Gasteiger partial charge in [-0.05, 0) is 60.5 Å². The molecule has 0 aliphatic rings. The van der Waals surface area contributed by atoms with Gasteiger partial charge in [0.05, 0.1) is 21.3 Å². The number of benzene rings is 2. The average molecular weight is 511 g/mol. The molecule has 0 fully saturated rings. The molecule has 0 unspecified atom stereocenters. The second kappa shape index (κ2) is 9.18. The van der Waals surface area contributed by atoms with E-state index in [2.05, 4.69) is 39.0 Å². The Labute approximate surface area is 215 Å². The summed E-state index contributed by atoms with van der Waals surface area (Å²) in [6, 6.07) is 18.3. The molecule has 0 radical (unpaired) electrons. The fourth-order valence-corrected chi connectivity index (χ4v) is 5.77. The summed E-state index contributed by atoms with van der Waals surface area (Å²) in [7, 11) is 0. The molecular weight excluding hydrogens is 488 g/mol. The first-order valence-corrected chi connectivity index (χ1v) is 13.2. The Morgan fingerprint density at radius 3 is 2.58 bits per heavy atom. The maximum absolute atomic E-state index is 12.5. The molecule has 0 aliphatic carbocycles. The standard InChI is InChI=1S/C27H22N6OS2/c1-15(2)30-27(34)23-11-17-3-4-18(12-22(17)36-23)25-32-21-9-10-35-24(21)26(33-25)31-20-7-5-16(6-8-20)19-13-28-29-14-19/h3-15H,1-2H3,(H,28,29)(H,30,34)(H,31,32,33). The number of hydrogen-bond donors (Lipinski definition) is 3. The topological polar surface area (TPSA) is 95.6 Å². The van der Waals surface area contributed by atoms with Crippen LogP contribution in [0, 0.1) is 0 Å². The van der Waals surface area contributed by atoms with Crippen LogP contribution < -0.4 is 10.6 Å². The van der Waals surface area contributed by atoms with Crippen LogP contribution in [0.15, 0.2) is 72.4 Å². The minimum atomic E-state index is -0.0473. The molecule has 0 saturated carbocycles. The van der Waals surface area contributed by atoms with E-state index < -0.39 is 0 Å². The zero-order valence-electron chi connectivity index (χ0n) is 19.6. The van der Waals surface area contributed by atoms with Gasteiger partial charge in [-0.15, -0.1) is 22.7 Å². The third-order valence-corrected chi connectivity index (χ3v) is 7.71. The first-order chi connectivity index (χ1) is 17.5. The van der Waals surface area contributed by atoms with E-state index in [0.29, 0.717) is 10.7 Å². The van der Waals surface area contributed by atoms with Crippen molar-refractivity contribution in [3.8, 4) is 22.5 Å². The van der Waals surface area contributed by atoms with Gasteiger partial charge in [-0.1, -0.05) is 24.3 Å². The number of carbonyl (C=O) groups excluding carboxylic acids is 1. The van der Waals surface area contributed by atoms with Gasteiger partial charge in [-0.3, -0.25) is 9.89 Å². The first kappa shape index (κ1) is 22.4. The van der Waals surface area contributed by atoms with Gasteiger partial charge in [0, 0.05) is 33.8 Å². The number of rotatable bonds is 6. The van der Waals surface area contributed by atoms with Crippen molar-refractivity contribution in [2.75, 3.05) is 5.32 Å². The summed E-state index contributed by atoms with van der Waals surface area (Å²) in [6.07, 6.45) is 3.68. The summed E-state index contributed by atoms with van der Waals surface area (Å²) in [5.74, 6) is 1.36. The highest BCUT2D eigenvalue weighted by Gasteiger charge is 2.15. The summed E-state index contributed by atoms with van der Waals surface area (Å²) in [5, 5.41) is 16.4. The summed E-state index contributed by atoms with van der Waals surface area (Å²) in [4.78, 5) is 22.9. The second-order valence-corrected chi connectivity index (χ2v) is 10.7. The lowest BCUT2D eigenvalue weighted by Crippen LogP contribution is -2.29. The van der Waals surface area contributed by atoms with Crippen molar-refractivity contribution in [2.24, 2.45) is 0 Å². The van der Waals surface area contributed by atoms with Gasteiger partial charge in [-0.25, -0.2) is 9.97 Å². The average Bonchev–Trinajstić information content (AvgIpc) is 3.64. The van der Waals surface area contributed by atoms with Gasteiger partial charge in [0.15, 0.2) is 11.6 Å². The number of nitrogens with one attached hydrogen (secondary N) is 3. The van der Waals surface area contributed by atoms with Crippen LogP contribution in [-0.4, -0.2) is 32.1 Å². The number of nitrogens with zero attached hydrogens (tertiary/aromatic N) is 3. The van der Waals surface area contributed by atoms with Crippen molar-refractivity contribution >= 4 is 60.4 Å². The second-order valence-electron chi connectivity index (χ2n) is 8.71. The lowest BCUT2D eigenvalue weighted by atomic mass is 10.1. The lowest BCUT2D eigenvalue weighted by Gasteiger charge is -2.10. The van der Waals surface area contributed by atoms with Gasteiger partial charge in [0.1, 0.15) is 0 Å². The summed E-state index contributed by atoms with van der Waals surface area (Å²) in [6.45, 7) is 3.92. The van der Waals surface area contributed by atoms with Gasteiger partial charge >= 0.3 is 0 Å². The number of hydrogen-bond acceptors (Lipinski definition) is 7. The molecule has 178 valence electrons. The van der Waals surface area contributed by atoms with Gasteiger partial charge in [0.2, 0.25) is 0 Å². The van der Waals surface area contributed by atoms with Gasteiger partial charge in [0.25, 0.3) is 5.91 Å². The van der Waals surface area contributed by atoms with Crippen LogP contribution in [0.4, 0.5) is 11.5 Å². The molecule has 9 heteroatoms. The molecule has 2 aromatic carbocycles. The van der Waals surface area contributed by atoms with Crippen molar-refractivity contribution in [2.45, 2.75) is 19.9 Å². The van der Waals surface area contributed by atoms with E-state index in [1.807, 2.05) is 61.8 Å². The zero-order chi connectivity index (χ0) is 24.6. The third-order valence-electron chi connectivity index (χ3n) is 5.70. The molecule has 3 N–H and O–H groups in total. The zero-order valence-corrected chi connectivity index (χ0v) is 21.2. The van der Waals surface area contributed by atoms with E-state index >= 15 is 0 Å². The smallest absolute Gasteiger partial charge is 0.261 e. The molecular formula is C27H22N6OS2. The third kappa shape index (κ3) is 4.34. The number of thiophene rings is 2. The minimum Gasteiger partial charge on any atom is -0.349 e. The Kier molecular flexibility index (Phi) is 5.71. The van der Waals surface area contributed by atoms with Crippen LogP contribution in [0.2, 0.25) is 0 Å². The first-order valence-electron chi connectivity index (χ1n) is 11.5. The molecule has 6 aromatic rings. The predicted molar refractivity (Wildman–Crippen MR) is 148 cm³/mol.